The molecule has 0 unspecified atom stereocenters. The zero-order chi connectivity index (χ0) is 16.9. The van der Waals surface area contributed by atoms with Gasteiger partial charge in [-0.2, -0.15) is 0 Å². The van der Waals surface area contributed by atoms with E-state index in [1.54, 1.807) is 25.3 Å². The highest BCUT2D eigenvalue weighted by Crippen LogP contribution is 2.23. The van der Waals surface area contributed by atoms with E-state index in [2.05, 4.69) is 20.6 Å². The monoisotopic (exact) mass is 324 g/mol. The second-order valence-electron chi connectivity index (χ2n) is 5.17. The predicted molar refractivity (Wildman–Crippen MR) is 92.7 cm³/mol. The highest BCUT2D eigenvalue weighted by Gasteiger charge is 2.04. The van der Waals surface area contributed by atoms with Gasteiger partial charge in [-0.05, 0) is 43.3 Å². The number of nitrogens with zero attached hydrogens (tertiary/aromatic N) is 2. The molecular formula is C18H17FN4O. The molecule has 0 atom stereocenters. The van der Waals surface area contributed by atoms with E-state index in [1.165, 1.54) is 12.1 Å². The number of benzene rings is 2. The number of hydrogen-bond acceptors (Lipinski definition) is 5. The lowest BCUT2D eigenvalue weighted by Gasteiger charge is -2.11. The molecule has 0 radical (unpaired) electrons. The van der Waals surface area contributed by atoms with E-state index < -0.39 is 0 Å². The zero-order valence-electron chi connectivity index (χ0n) is 13.4. The van der Waals surface area contributed by atoms with Crippen molar-refractivity contribution in [2.24, 2.45) is 0 Å². The van der Waals surface area contributed by atoms with Crippen LogP contribution in [-0.4, -0.2) is 17.1 Å². The van der Waals surface area contributed by atoms with Crippen molar-refractivity contribution >= 4 is 23.0 Å². The maximum atomic E-state index is 13.0. The van der Waals surface area contributed by atoms with Gasteiger partial charge in [0.15, 0.2) is 0 Å². The molecule has 122 valence electrons. The molecule has 0 aliphatic heterocycles. The number of aryl methyl sites for hydroxylation is 1. The minimum absolute atomic E-state index is 0.278. The molecule has 6 heteroatoms. The van der Waals surface area contributed by atoms with Crippen LogP contribution in [0, 0.1) is 12.7 Å². The number of anilines is 4. The first-order valence-corrected chi connectivity index (χ1v) is 7.42. The van der Waals surface area contributed by atoms with Gasteiger partial charge in [0.2, 0.25) is 0 Å². The van der Waals surface area contributed by atoms with Gasteiger partial charge >= 0.3 is 0 Å². The Bertz CT molecular complexity index is 837. The van der Waals surface area contributed by atoms with Crippen LogP contribution in [0.3, 0.4) is 0 Å². The molecule has 0 fully saturated rings. The smallest absolute Gasteiger partial charge is 0.136 e. The fourth-order valence-corrected chi connectivity index (χ4v) is 2.23. The van der Waals surface area contributed by atoms with Gasteiger partial charge < -0.3 is 15.4 Å². The van der Waals surface area contributed by atoms with Crippen LogP contribution in [0.25, 0.3) is 0 Å². The van der Waals surface area contributed by atoms with Gasteiger partial charge in [-0.1, -0.05) is 6.07 Å². The van der Waals surface area contributed by atoms with Crippen LogP contribution in [-0.2, 0) is 0 Å². The molecule has 0 spiro atoms. The highest BCUT2D eigenvalue weighted by atomic mass is 19.1. The summed E-state index contributed by atoms with van der Waals surface area (Å²) in [5.74, 6) is 2.38. The predicted octanol–water partition coefficient (Wildman–Crippen LogP) is 4.42. The first kappa shape index (κ1) is 15.7. The summed E-state index contributed by atoms with van der Waals surface area (Å²) < 4.78 is 18.2. The summed E-state index contributed by atoms with van der Waals surface area (Å²) >= 11 is 0. The summed E-state index contributed by atoms with van der Waals surface area (Å²) in [4.78, 5) is 8.72. The molecule has 3 rings (SSSR count). The van der Waals surface area contributed by atoms with Gasteiger partial charge in [0.1, 0.15) is 29.0 Å². The molecule has 1 heterocycles. The van der Waals surface area contributed by atoms with Crippen molar-refractivity contribution in [3.8, 4) is 5.75 Å². The van der Waals surface area contributed by atoms with Crippen LogP contribution in [0.5, 0.6) is 5.75 Å². The number of halogens is 1. The first-order valence-electron chi connectivity index (χ1n) is 7.42. The van der Waals surface area contributed by atoms with Crippen LogP contribution >= 0.6 is 0 Å². The topological polar surface area (TPSA) is 59.1 Å². The number of rotatable bonds is 5. The molecule has 0 aliphatic rings. The van der Waals surface area contributed by atoms with Crippen molar-refractivity contribution in [2.75, 3.05) is 17.7 Å². The fourth-order valence-electron chi connectivity index (χ4n) is 2.23. The van der Waals surface area contributed by atoms with E-state index in [9.17, 15) is 4.39 Å². The second kappa shape index (κ2) is 6.95. The molecule has 3 aromatic rings. The van der Waals surface area contributed by atoms with Crippen LogP contribution in [0.1, 0.15) is 5.82 Å². The Morgan fingerprint density at radius 2 is 1.54 bits per heavy atom. The Hall–Kier alpha value is -3.15. The number of ether oxygens (including phenoxy) is 1. The normalized spacial score (nSPS) is 10.3. The average Bonchev–Trinajstić information content (AvgIpc) is 2.56. The molecule has 0 aliphatic carbocycles. The number of nitrogens with one attached hydrogen (secondary N) is 2. The Morgan fingerprint density at radius 1 is 0.875 bits per heavy atom. The lowest BCUT2D eigenvalue weighted by Crippen LogP contribution is -2.01. The van der Waals surface area contributed by atoms with Crippen molar-refractivity contribution in [2.45, 2.75) is 6.92 Å². The van der Waals surface area contributed by atoms with Gasteiger partial charge in [0, 0.05) is 23.5 Å². The molecule has 0 amide bonds. The number of methoxy groups -OCH3 is 1. The van der Waals surface area contributed by atoms with Crippen molar-refractivity contribution in [1.29, 1.82) is 0 Å². The maximum Gasteiger partial charge on any atom is 0.136 e. The summed E-state index contributed by atoms with van der Waals surface area (Å²) in [6.07, 6.45) is 0. The molecule has 0 saturated heterocycles. The third-order valence-electron chi connectivity index (χ3n) is 3.30. The fraction of sp³-hybridized carbons (Fsp3) is 0.111. The summed E-state index contributed by atoms with van der Waals surface area (Å²) in [5, 5.41) is 6.36. The third kappa shape index (κ3) is 3.98. The lowest BCUT2D eigenvalue weighted by molar-refractivity contribution is 0.415. The molecule has 2 N–H and O–H groups in total. The van der Waals surface area contributed by atoms with Crippen LogP contribution in [0.4, 0.5) is 27.4 Å². The van der Waals surface area contributed by atoms with E-state index in [-0.39, 0.29) is 5.82 Å². The quantitative estimate of drug-likeness (QED) is 0.727. The van der Waals surface area contributed by atoms with Crippen molar-refractivity contribution in [1.82, 2.24) is 9.97 Å². The highest BCUT2D eigenvalue weighted by molar-refractivity contribution is 5.64. The van der Waals surface area contributed by atoms with Crippen LogP contribution < -0.4 is 15.4 Å². The van der Waals surface area contributed by atoms with E-state index >= 15 is 0 Å². The molecule has 5 nitrogen and oxygen atoms in total. The molecule has 1 aromatic heterocycles. The Balaban J connectivity index is 1.81. The molecule has 0 saturated carbocycles. The summed E-state index contributed by atoms with van der Waals surface area (Å²) in [7, 11) is 1.62. The largest absolute Gasteiger partial charge is 0.497 e. The van der Waals surface area contributed by atoms with E-state index in [0.29, 0.717) is 17.5 Å². The van der Waals surface area contributed by atoms with E-state index in [4.69, 9.17) is 4.74 Å². The Kier molecular flexibility index (Phi) is 4.56. The molecule has 24 heavy (non-hydrogen) atoms. The Labute approximate surface area is 139 Å². The minimum Gasteiger partial charge on any atom is -0.497 e. The standard InChI is InChI=1S/C18H17FN4O/c1-12-20-17(22-14-8-6-13(19)7-9-14)11-18(21-12)23-15-4-3-5-16(10-15)24-2/h3-11H,1-2H3,(H2,20,21,22,23). The third-order valence-corrected chi connectivity index (χ3v) is 3.30. The van der Waals surface area contributed by atoms with Crippen LogP contribution in [0.2, 0.25) is 0 Å². The first-order chi connectivity index (χ1) is 11.6. The van der Waals surface area contributed by atoms with Crippen LogP contribution in [0.15, 0.2) is 54.6 Å². The number of hydrogen-bond donors (Lipinski definition) is 2. The van der Waals surface area contributed by atoms with Crippen molar-refractivity contribution in [3.05, 3.63) is 66.2 Å². The van der Waals surface area contributed by atoms with Gasteiger partial charge in [-0.3, -0.25) is 0 Å². The van der Waals surface area contributed by atoms with E-state index in [0.717, 1.165) is 17.1 Å². The summed E-state index contributed by atoms with van der Waals surface area (Å²) in [6, 6.07) is 15.5. The van der Waals surface area contributed by atoms with Gasteiger partial charge in [-0.15, -0.1) is 0 Å². The minimum atomic E-state index is -0.278. The molecule has 2 aromatic carbocycles. The summed E-state index contributed by atoms with van der Waals surface area (Å²) in [5.41, 5.74) is 1.61. The summed E-state index contributed by atoms with van der Waals surface area (Å²) in [6.45, 7) is 1.81. The van der Waals surface area contributed by atoms with Crippen molar-refractivity contribution < 1.29 is 9.13 Å². The lowest BCUT2D eigenvalue weighted by atomic mass is 10.3. The second-order valence-corrected chi connectivity index (χ2v) is 5.17. The van der Waals surface area contributed by atoms with Gasteiger partial charge in [-0.25, -0.2) is 14.4 Å². The van der Waals surface area contributed by atoms with Crippen molar-refractivity contribution in [3.63, 3.8) is 0 Å². The molecule has 0 bridgehead atoms. The zero-order valence-corrected chi connectivity index (χ0v) is 13.4. The SMILES string of the molecule is COc1cccc(Nc2cc(Nc3ccc(F)cc3)nc(C)n2)c1. The Morgan fingerprint density at radius 3 is 2.21 bits per heavy atom. The van der Waals surface area contributed by atoms with Gasteiger partial charge in [0.05, 0.1) is 7.11 Å². The maximum absolute atomic E-state index is 13.0. The number of aromatic nitrogens is 2. The van der Waals surface area contributed by atoms with Gasteiger partial charge in [0.25, 0.3) is 0 Å². The average molecular weight is 324 g/mol. The van der Waals surface area contributed by atoms with E-state index in [1.807, 2.05) is 31.2 Å². The molecular weight excluding hydrogens is 307 g/mol.